The van der Waals surface area contributed by atoms with Crippen LogP contribution in [-0.2, 0) is 16.0 Å². The third-order valence-electron chi connectivity index (χ3n) is 5.38. The van der Waals surface area contributed by atoms with E-state index in [0.29, 0.717) is 10.5 Å². The third-order valence-corrected chi connectivity index (χ3v) is 7.93. The second-order valence-electron chi connectivity index (χ2n) is 8.01. The van der Waals surface area contributed by atoms with Crippen molar-refractivity contribution in [2.75, 3.05) is 18.1 Å². The number of nitrogens with zero attached hydrogens (tertiary/aromatic N) is 2. The predicted molar refractivity (Wildman–Crippen MR) is 128 cm³/mol. The zero-order valence-electron chi connectivity index (χ0n) is 18.3. The minimum atomic E-state index is -4.53. The van der Waals surface area contributed by atoms with Crippen molar-refractivity contribution in [1.29, 1.82) is 0 Å². The predicted octanol–water partition coefficient (Wildman–Crippen LogP) is 5.04. The average Bonchev–Trinajstić information content (AvgIpc) is 3.25. The van der Waals surface area contributed by atoms with Gasteiger partial charge in [-0.1, -0.05) is 35.6 Å². The van der Waals surface area contributed by atoms with Gasteiger partial charge in [0.15, 0.2) is 15.0 Å². The van der Waals surface area contributed by atoms with E-state index < -0.39 is 38.8 Å². The quantitative estimate of drug-likeness (QED) is 0.260. The lowest BCUT2D eigenvalue weighted by molar-refractivity contribution is -0.137. The van der Waals surface area contributed by atoms with Gasteiger partial charge in [0.05, 0.1) is 10.4 Å². The van der Waals surface area contributed by atoms with Crippen molar-refractivity contribution >= 4 is 37.1 Å². The second kappa shape index (κ2) is 9.51. The van der Waals surface area contributed by atoms with E-state index in [4.69, 9.17) is 5.73 Å². The van der Waals surface area contributed by atoms with Crippen LogP contribution in [0.5, 0.6) is 0 Å². The van der Waals surface area contributed by atoms with E-state index in [0.717, 1.165) is 46.3 Å². The normalized spacial score (nSPS) is 14.1. The fourth-order valence-corrected chi connectivity index (χ4v) is 5.94. The Hall–Kier alpha value is -3.09. The maximum absolute atomic E-state index is 13.5. The van der Waals surface area contributed by atoms with Gasteiger partial charge in [-0.15, -0.1) is 0 Å². The molecule has 4 rings (SSSR count). The number of benzene rings is 2. The van der Waals surface area contributed by atoms with Gasteiger partial charge in [0, 0.05) is 42.7 Å². The first-order chi connectivity index (χ1) is 16.4. The van der Waals surface area contributed by atoms with Crippen molar-refractivity contribution in [2.24, 2.45) is 5.73 Å². The summed E-state index contributed by atoms with van der Waals surface area (Å²) in [6.07, 6.45) is -0.457. The number of nitrogens with one attached hydrogen (secondary N) is 1. The number of rotatable bonds is 7. The van der Waals surface area contributed by atoms with Gasteiger partial charge in [0.2, 0.25) is 5.95 Å². The number of nitrogens with two attached hydrogens (primary N) is 1. The summed E-state index contributed by atoms with van der Waals surface area (Å²) in [4.78, 5) is 8.71. The molecule has 35 heavy (non-hydrogen) atoms. The molecule has 3 N–H and O–H groups in total. The van der Waals surface area contributed by atoms with Crippen molar-refractivity contribution in [1.82, 2.24) is 9.97 Å². The number of fused-ring (bicyclic) bond motifs is 1. The van der Waals surface area contributed by atoms with E-state index in [1.165, 1.54) is 23.6 Å². The fraction of sp³-hybridized carbons (Fsp3) is 0.217. The molecule has 0 unspecified atom stereocenters. The monoisotopic (exact) mass is 524 g/mol. The Morgan fingerprint density at radius 1 is 1.03 bits per heavy atom. The summed E-state index contributed by atoms with van der Waals surface area (Å²) in [5.74, 6) is -0.580. The summed E-state index contributed by atoms with van der Waals surface area (Å²) >= 11 is 1.30. The highest BCUT2D eigenvalue weighted by Crippen LogP contribution is 2.33. The van der Waals surface area contributed by atoms with E-state index >= 15 is 0 Å². The SMILES string of the molecule is CS(=O)(=O)[C@@H](c1ccc(C(F)(F)F)cc1)[C@H](N)CNc1ncc(-c2ccc3cnc(F)cc3c2)s1. The molecule has 0 spiro atoms. The minimum absolute atomic E-state index is 0.0142. The Morgan fingerprint density at radius 3 is 2.40 bits per heavy atom. The molecule has 0 aliphatic heterocycles. The molecule has 12 heteroatoms. The largest absolute Gasteiger partial charge is 0.416 e. The number of alkyl halides is 3. The van der Waals surface area contributed by atoms with Gasteiger partial charge in [-0.25, -0.2) is 18.4 Å². The van der Waals surface area contributed by atoms with Crippen LogP contribution in [0.4, 0.5) is 22.7 Å². The number of halogens is 4. The van der Waals surface area contributed by atoms with Crippen LogP contribution in [0.15, 0.2) is 60.9 Å². The maximum Gasteiger partial charge on any atom is 0.416 e. The number of aromatic nitrogens is 2. The van der Waals surface area contributed by atoms with E-state index in [2.05, 4.69) is 15.3 Å². The smallest absolute Gasteiger partial charge is 0.360 e. The zero-order valence-corrected chi connectivity index (χ0v) is 19.9. The molecule has 2 aromatic carbocycles. The lowest BCUT2D eigenvalue weighted by Crippen LogP contribution is -2.39. The highest BCUT2D eigenvalue weighted by Gasteiger charge is 2.33. The van der Waals surface area contributed by atoms with Crippen molar-refractivity contribution < 1.29 is 26.0 Å². The average molecular weight is 525 g/mol. The molecule has 0 fully saturated rings. The van der Waals surface area contributed by atoms with Gasteiger partial charge in [-0.2, -0.15) is 17.6 Å². The summed E-state index contributed by atoms with van der Waals surface area (Å²) in [7, 11) is -3.73. The molecular formula is C23H20F4N4O2S2. The van der Waals surface area contributed by atoms with Gasteiger partial charge < -0.3 is 11.1 Å². The van der Waals surface area contributed by atoms with Crippen molar-refractivity contribution in [3.63, 3.8) is 0 Å². The Labute approximate surface area is 202 Å². The summed E-state index contributed by atoms with van der Waals surface area (Å²) in [6.45, 7) is 0.0142. The number of pyridine rings is 1. The van der Waals surface area contributed by atoms with Crippen LogP contribution in [-0.4, -0.2) is 37.2 Å². The van der Waals surface area contributed by atoms with Crippen LogP contribution < -0.4 is 11.1 Å². The summed E-state index contributed by atoms with van der Waals surface area (Å²) in [5, 5.41) is 3.76. The Morgan fingerprint density at radius 2 is 1.74 bits per heavy atom. The van der Waals surface area contributed by atoms with E-state index in [1.54, 1.807) is 6.20 Å². The number of hydrogen-bond acceptors (Lipinski definition) is 7. The Kier molecular flexibility index (Phi) is 6.80. The van der Waals surface area contributed by atoms with Crippen LogP contribution in [0.1, 0.15) is 16.4 Å². The van der Waals surface area contributed by atoms with E-state index in [9.17, 15) is 26.0 Å². The number of anilines is 1. The lowest BCUT2D eigenvalue weighted by Gasteiger charge is -2.23. The van der Waals surface area contributed by atoms with Gasteiger partial charge in [0.1, 0.15) is 5.25 Å². The van der Waals surface area contributed by atoms with Crippen LogP contribution in [0, 0.1) is 5.95 Å². The van der Waals surface area contributed by atoms with Gasteiger partial charge >= 0.3 is 6.18 Å². The first kappa shape index (κ1) is 25.0. The van der Waals surface area contributed by atoms with Crippen LogP contribution in [0.3, 0.4) is 0 Å². The summed E-state index contributed by atoms with van der Waals surface area (Å²) in [6, 6.07) is 9.82. The minimum Gasteiger partial charge on any atom is -0.360 e. The molecule has 0 bridgehead atoms. The molecule has 2 aromatic heterocycles. The second-order valence-corrected chi connectivity index (χ2v) is 11.2. The first-order valence-corrected chi connectivity index (χ1v) is 13.1. The summed E-state index contributed by atoms with van der Waals surface area (Å²) in [5.41, 5.74) is 6.29. The molecule has 6 nitrogen and oxygen atoms in total. The van der Waals surface area contributed by atoms with E-state index in [-0.39, 0.29) is 12.1 Å². The molecule has 0 radical (unpaired) electrons. The molecule has 0 amide bonds. The van der Waals surface area contributed by atoms with Gasteiger partial charge in [-0.3, -0.25) is 0 Å². The molecule has 184 valence electrons. The molecule has 4 aromatic rings. The van der Waals surface area contributed by atoms with Crippen molar-refractivity contribution in [2.45, 2.75) is 17.5 Å². The molecule has 0 saturated heterocycles. The van der Waals surface area contributed by atoms with Gasteiger partial charge in [0.25, 0.3) is 0 Å². The molecule has 2 atom stereocenters. The molecule has 0 saturated carbocycles. The lowest BCUT2D eigenvalue weighted by atomic mass is 10.0. The number of hydrogen-bond donors (Lipinski definition) is 2. The molecule has 2 heterocycles. The standard InChI is InChI=1S/C23H20F4N4O2S2/c1-35(32,33)21(13-4-6-17(7-5-13)23(25,26)27)18(28)11-30-22-31-12-19(34-22)14-2-3-15-10-29-20(24)9-16(15)8-14/h2-10,12,18,21H,11,28H2,1H3,(H,30,31)/t18-,21+/m1/s1. The fourth-order valence-electron chi connectivity index (χ4n) is 3.74. The molecule has 0 aliphatic rings. The van der Waals surface area contributed by atoms with Crippen molar-refractivity contribution in [3.8, 4) is 10.4 Å². The maximum atomic E-state index is 13.5. The van der Waals surface area contributed by atoms with E-state index in [1.807, 2.05) is 18.2 Å². The van der Waals surface area contributed by atoms with Crippen LogP contribution >= 0.6 is 11.3 Å². The highest BCUT2D eigenvalue weighted by atomic mass is 32.2. The topological polar surface area (TPSA) is 98.0 Å². The Bertz CT molecular complexity index is 1450. The Balaban J connectivity index is 1.49. The third kappa shape index (κ3) is 5.77. The van der Waals surface area contributed by atoms with Gasteiger partial charge in [-0.05, 0) is 34.7 Å². The number of sulfone groups is 1. The summed E-state index contributed by atoms with van der Waals surface area (Å²) < 4.78 is 76.9. The first-order valence-electron chi connectivity index (χ1n) is 10.3. The highest BCUT2D eigenvalue weighted by molar-refractivity contribution is 7.91. The molecule has 0 aliphatic carbocycles. The van der Waals surface area contributed by atoms with Crippen LogP contribution in [0.2, 0.25) is 0 Å². The zero-order chi connectivity index (χ0) is 25.4. The van der Waals surface area contributed by atoms with Crippen molar-refractivity contribution in [3.05, 3.63) is 78.0 Å². The van der Waals surface area contributed by atoms with Crippen LogP contribution in [0.25, 0.3) is 21.2 Å². The number of thiazole rings is 1. The molecular weight excluding hydrogens is 504 g/mol.